The number of aromatic hydroxyl groups is 1. The van der Waals surface area contributed by atoms with Crippen molar-refractivity contribution in [1.82, 2.24) is 0 Å². The average Bonchev–Trinajstić information content (AvgIpc) is 2.34. The Hall–Kier alpha value is -2.56. The molecule has 18 heavy (non-hydrogen) atoms. The van der Waals surface area contributed by atoms with Crippen molar-refractivity contribution in [3.63, 3.8) is 0 Å². The highest BCUT2D eigenvalue weighted by Crippen LogP contribution is 2.27. The van der Waals surface area contributed by atoms with Crippen LogP contribution in [-0.2, 0) is 0 Å². The number of amides is 1. The molecule has 0 atom stereocenters. The van der Waals surface area contributed by atoms with Crippen molar-refractivity contribution in [2.75, 3.05) is 0 Å². The number of rotatable bonds is 3. The largest absolute Gasteiger partial charge is 0.508 e. The summed E-state index contributed by atoms with van der Waals surface area (Å²) in [6.45, 7) is 0. The number of ether oxygens (including phenoxy) is 1. The van der Waals surface area contributed by atoms with E-state index in [9.17, 15) is 9.18 Å². The van der Waals surface area contributed by atoms with Gasteiger partial charge in [-0.3, -0.25) is 4.79 Å². The van der Waals surface area contributed by atoms with Crippen molar-refractivity contribution in [3.05, 3.63) is 53.8 Å². The van der Waals surface area contributed by atoms with Crippen molar-refractivity contribution >= 4 is 5.91 Å². The SMILES string of the molecule is NC(=O)c1cc(F)ccc1Oc1ccc(O)cc1. The molecule has 0 saturated carbocycles. The quantitative estimate of drug-likeness (QED) is 0.874. The second kappa shape index (κ2) is 4.75. The van der Waals surface area contributed by atoms with Gasteiger partial charge in [-0.15, -0.1) is 0 Å². The summed E-state index contributed by atoms with van der Waals surface area (Å²) >= 11 is 0. The first-order valence-corrected chi connectivity index (χ1v) is 5.12. The number of hydrogen-bond donors (Lipinski definition) is 2. The number of hydrogen-bond acceptors (Lipinski definition) is 3. The lowest BCUT2D eigenvalue weighted by Gasteiger charge is -2.09. The molecule has 1 amide bonds. The normalized spacial score (nSPS) is 10.1. The summed E-state index contributed by atoms with van der Waals surface area (Å²) in [6.07, 6.45) is 0. The van der Waals surface area contributed by atoms with E-state index in [-0.39, 0.29) is 17.1 Å². The predicted octanol–water partition coefficient (Wildman–Crippen LogP) is 2.42. The fourth-order valence-corrected chi connectivity index (χ4v) is 1.42. The molecule has 0 unspecified atom stereocenters. The molecule has 0 heterocycles. The number of primary amides is 1. The Labute approximate surface area is 102 Å². The maximum atomic E-state index is 13.0. The van der Waals surface area contributed by atoms with E-state index >= 15 is 0 Å². The molecule has 2 rings (SSSR count). The van der Waals surface area contributed by atoms with Gasteiger partial charge in [-0.1, -0.05) is 0 Å². The van der Waals surface area contributed by atoms with Crippen molar-refractivity contribution in [2.24, 2.45) is 5.73 Å². The van der Waals surface area contributed by atoms with Crippen LogP contribution in [0.3, 0.4) is 0 Å². The van der Waals surface area contributed by atoms with E-state index in [0.29, 0.717) is 5.75 Å². The molecule has 5 heteroatoms. The first-order chi connectivity index (χ1) is 8.56. The Kier molecular flexibility index (Phi) is 3.14. The lowest BCUT2D eigenvalue weighted by Crippen LogP contribution is -2.12. The fourth-order valence-electron chi connectivity index (χ4n) is 1.42. The highest BCUT2D eigenvalue weighted by Gasteiger charge is 2.11. The van der Waals surface area contributed by atoms with Gasteiger partial charge in [0.05, 0.1) is 5.56 Å². The summed E-state index contributed by atoms with van der Waals surface area (Å²) in [4.78, 5) is 11.2. The van der Waals surface area contributed by atoms with Crippen molar-refractivity contribution in [1.29, 1.82) is 0 Å². The standard InChI is InChI=1S/C13H10FNO3/c14-8-1-6-12(11(7-8)13(15)17)18-10-4-2-9(16)3-5-10/h1-7,16H,(H2,15,17). The first kappa shape index (κ1) is 11.9. The van der Waals surface area contributed by atoms with Gasteiger partial charge < -0.3 is 15.6 Å². The van der Waals surface area contributed by atoms with Crippen LogP contribution in [0.4, 0.5) is 4.39 Å². The van der Waals surface area contributed by atoms with E-state index < -0.39 is 11.7 Å². The minimum atomic E-state index is -0.775. The number of halogens is 1. The highest BCUT2D eigenvalue weighted by molar-refractivity contribution is 5.95. The van der Waals surface area contributed by atoms with E-state index in [4.69, 9.17) is 15.6 Å². The van der Waals surface area contributed by atoms with Gasteiger partial charge in [0.25, 0.3) is 5.91 Å². The second-order valence-electron chi connectivity index (χ2n) is 3.60. The Morgan fingerprint density at radius 3 is 2.44 bits per heavy atom. The molecule has 0 fully saturated rings. The lowest BCUT2D eigenvalue weighted by molar-refractivity contribution is 0.0997. The van der Waals surface area contributed by atoms with Crippen molar-refractivity contribution in [2.45, 2.75) is 0 Å². The van der Waals surface area contributed by atoms with Crippen LogP contribution in [0.2, 0.25) is 0 Å². The van der Waals surface area contributed by atoms with Crippen LogP contribution in [0.15, 0.2) is 42.5 Å². The van der Waals surface area contributed by atoms with Gasteiger partial charge in [-0.2, -0.15) is 0 Å². The molecule has 92 valence electrons. The van der Waals surface area contributed by atoms with Crippen LogP contribution in [0.5, 0.6) is 17.2 Å². The van der Waals surface area contributed by atoms with Gasteiger partial charge in [0.2, 0.25) is 0 Å². The molecule has 0 aromatic heterocycles. The molecular weight excluding hydrogens is 237 g/mol. The number of nitrogens with two attached hydrogens (primary N) is 1. The zero-order chi connectivity index (χ0) is 13.1. The van der Waals surface area contributed by atoms with E-state index in [1.54, 1.807) is 0 Å². The Bertz CT molecular complexity index is 581. The third kappa shape index (κ3) is 2.57. The summed E-state index contributed by atoms with van der Waals surface area (Å²) in [5.41, 5.74) is 5.10. The summed E-state index contributed by atoms with van der Waals surface area (Å²) in [5, 5.41) is 9.12. The molecule has 0 aliphatic rings. The molecule has 0 aliphatic heterocycles. The second-order valence-corrected chi connectivity index (χ2v) is 3.60. The first-order valence-electron chi connectivity index (χ1n) is 5.12. The van der Waals surface area contributed by atoms with Gasteiger partial charge in [0, 0.05) is 0 Å². The van der Waals surface area contributed by atoms with Gasteiger partial charge >= 0.3 is 0 Å². The molecule has 4 nitrogen and oxygen atoms in total. The molecule has 0 saturated heterocycles. The van der Waals surface area contributed by atoms with E-state index in [1.165, 1.54) is 36.4 Å². The minimum absolute atomic E-state index is 0.0388. The van der Waals surface area contributed by atoms with Crippen molar-refractivity contribution in [3.8, 4) is 17.2 Å². The molecule has 2 aromatic carbocycles. The third-order valence-electron chi connectivity index (χ3n) is 2.27. The van der Waals surface area contributed by atoms with Crippen LogP contribution in [-0.4, -0.2) is 11.0 Å². The van der Waals surface area contributed by atoms with Crippen molar-refractivity contribution < 1.29 is 19.0 Å². The molecule has 0 radical (unpaired) electrons. The fraction of sp³-hybridized carbons (Fsp3) is 0. The Balaban J connectivity index is 2.34. The lowest BCUT2D eigenvalue weighted by atomic mass is 10.2. The summed E-state index contributed by atoms with van der Waals surface area (Å²) in [7, 11) is 0. The third-order valence-corrected chi connectivity index (χ3v) is 2.27. The Morgan fingerprint density at radius 2 is 1.83 bits per heavy atom. The average molecular weight is 247 g/mol. The topological polar surface area (TPSA) is 72.6 Å². The molecular formula is C13H10FNO3. The van der Waals surface area contributed by atoms with Crippen LogP contribution in [0.1, 0.15) is 10.4 Å². The smallest absolute Gasteiger partial charge is 0.252 e. The Morgan fingerprint density at radius 1 is 1.17 bits per heavy atom. The summed E-state index contributed by atoms with van der Waals surface area (Å²) < 4.78 is 18.4. The van der Waals surface area contributed by atoms with Gasteiger partial charge in [0.15, 0.2) is 0 Å². The van der Waals surface area contributed by atoms with Crippen LogP contribution >= 0.6 is 0 Å². The number of phenolic OH excluding ortho intramolecular Hbond substituents is 1. The molecule has 0 bridgehead atoms. The molecule has 0 aliphatic carbocycles. The highest BCUT2D eigenvalue weighted by atomic mass is 19.1. The predicted molar refractivity (Wildman–Crippen MR) is 63.1 cm³/mol. The van der Waals surface area contributed by atoms with Gasteiger partial charge in [0.1, 0.15) is 23.1 Å². The van der Waals surface area contributed by atoms with Gasteiger partial charge in [-0.25, -0.2) is 4.39 Å². The number of carbonyl (C=O) groups is 1. The molecule has 3 N–H and O–H groups in total. The number of phenols is 1. The maximum absolute atomic E-state index is 13.0. The monoisotopic (exact) mass is 247 g/mol. The maximum Gasteiger partial charge on any atom is 0.252 e. The van der Waals surface area contributed by atoms with Gasteiger partial charge in [-0.05, 0) is 42.5 Å². The number of benzene rings is 2. The molecule has 0 spiro atoms. The van der Waals surface area contributed by atoms with Crippen LogP contribution in [0, 0.1) is 5.82 Å². The van der Waals surface area contributed by atoms with E-state index in [0.717, 1.165) is 6.07 Å². The molecule has 2 aromatic rings. The zero-order valence-corrected chi connectivity index (χ0v) is 9.26. The van der Waals surface area contributed by atoms with E-state index in [1.807, 2.05) is 0 Å². The zero-order valence-electron chi connectivity index (χ0n) is 9.26. The van der Waals surface area contributed by atoms with Crippen LogP contribution in [0.25, 0.3) is 0 Å². The van der Waals surface area contributed by atoms with E-state index in [2.05, 4.69) is 0 Å². The van der Waals surface area contributed by atoms with Crippen LogP contribution < -0.4 is 10.5 Å². The summed E-state index contributed by atoms with van der Waals surface area (Å²) in [5.74, 6) is -0.682. The minimum Gasteiger partial charge on any atom is -0.508 e. The summed E-state index contributed by atoms with van der Waals surface area (Å²) in [6, 6.07) is 9.40. The number of carbonyl (C=O) groups excluding carboxylic acids is 1.